The molecule has 0 atom stereocenters. The van der Waals surface area contributed by atoms with Crippen LogP contribution in [0.15, 0.2) is 47.4 Å². The summed E-state index contributed by atoms with van der Waals surface area (Å²) >= 11 is 18.6. The van der Waals surface area contributed by atoms with Crippen LogP contribution >= 0.6 is 46.8 Å². The molecule has 4 nitrogen and oxygen atoms in total. The minimum Gasteiger partial charge on any atom is -0.277 e. The second-order valence-electron chi connectivity index (χ2n) is 4.05. The Morgan fingerprint density at radius 3 is 2.23 bits per heavy atom. The van der Waals surface area contributed by atoms with Crippen LogP contribution in [0.25, 0.3) is 0 Å². The SMILES string of the molecule is O=C(NSc1cc(Cl)c(Cl)cc1Cl)NC(=O)c1ccccc1. The zero-order valence-electron chi connectivity index (χ0n) is 10.9. The Kier molecular flexibility index (Phi) is 5.97. The van der Waals surface area contributed by atoms with Gasteiger partial charge < -0.3 is 0 Å². The average molecular weight is 376 g/mol. The number of carbonyl (C=O) groups excluding carboxylic acids is 2. The first kappa shape index (κ1) is 17.0. The number of urea groups is 1. The summed E-state index contributed by atoms with van der Waals surface area (Å²) in [5, 5.41) is 3.18. The maximum absolute atomic E-state index is 11.8. The summed E-state index contributed by atoms with van der Waals surface area (Å²) in [5.74, 6) is -0.501. The average Bonchev–Trinajstić information content (AvgIpc) is 2.50. The van der Waals surface area contributed by atoms with Gasteiger partial charge in [-0.15, -0.1) is 0 Å². The van der Waals surface area contributed by atoms with Crippen molar-refractivity contribution in [2.45, 2.75) is 4.90 Å². The van der Waals surface area contributed by atoms with Crippen molar-refractivity contribution < 1.29 is 9.59 Å². The van der Waals surface area contributed by atoms with Gasteiger partial charge >= 0.3 is 6.03 Å². The van der Waals surface area contributed by atoms with E-state index in [0.29, 0.717) is 25.5 Å². The number of nitrogens with one attached hydrogen (secondary N) is 2. The number of hydrogen-bond acceptors (Lipinski definition) is 3. The van der Waals surface area contributed by atoms with Crippen molar-refractivity contribution in [3.63, 3.8) is 0 Å². The molecule has 0 saturated heterocycles. The first-order valence-electron chi connectivity index (χ1n) is 5.95. The highest BCUT2D eigenvalue weighted by Gasteiger charge is 2.12. The van der Waals surface area contributed by atoms with E-state index in [4.69, 9.17) is 34.8 Å². The van der Waals surface area contributed by atoms with Crippen LogP contribution in [0.4, 0.5) is 4.79 Å². The largest absolute Gasteiger partial charge is 0.331 e. The molecule has 2 aromatic rings. The summed E-state index contributed by atoms with van der Waals surface area (Å²) in [6.45, 7) is 0. The number of hydrogen-bond donors (Lipinski definition) is 2. The third-order valence-corrected chi connectivity index (χ3v) is 4.48. The maximum Gasteiger partial charge on any atom is 0.331 e. The highest BCUT2D eigenvalue weighted by molar-refractivity contribution is 7.98. The second kappa shape index (κ2) is 7.74. The van der Waals surface area contributed by atoms with Gasteiger partial charge in [-0.05, 0) is 36.2 Å². The number of carbonyl (C=O) groups is 2. The Bertz CT molecular complexity index is 711. The topological polar surface area (TPSA) is 58.2 Å². The van der Waals surface area contributed by atoms with Gasteiger partial charge in [0.2, 0.25) is 0 Å². The van der Waals surface area contributed by atoms with E-state index in [1.807, 2.05) is 0 Å². The van der Waals surface area contributed by atoms with E-state index in [-0.39, 0.29) is 0 Å². The quantitative estimate of drug-likeness (QED) is 0.599. The van der Waals surface area contributed by atoms with E-state index >= 15 is 0 Å². The van der Waals surface area contributed by atoms with Gasteiger partial charge in [-0.3, -0.25) is 14.8 Å². The van der Waals surface area contributed by atoms with Crippen LogP contribution < -0.4 is 10.0 Å². The van der Waals surface area contributed by atoms with E-state index in [2.05, 4.69) is 10.0 Å². The Labute approximate surface area is 146 Å². The second-order valence-corrected chi connectivity index (χ2v) is 6.12. The van der Waals surface area contributed by atoms with E-state index in [1.54, 1.807) is 30.3 Å². The molecule has 8 heteroatoms. The molecule has 0 aromatic heterocycles. The van der Waals surface area contributed by atoms with E-state index in [9.17, 15) is 9.59 Å². The Morgan fingerprint density at radius 2 is 1.55 bits per heavy atom. The molecule has 3 amide bonds. The van der Waals surface area contributed by atoms with Gasteiger partial charge in [0.25, 0.3) is 5.91 Å². The maximum atomic E-state index is 11.8. The van der Waals surface area contributed by atoms with Crippen LogP contribution in [0.5, 0.6) is 0 Å². The molecule has 2 N–H and O–H groups in total. The molecule has 0 aliphatic rings. The van der Waals surface area contributed by atoms with Crippen LogP contribution in [0.3, 0.4) is 0 Å². The Balaban J connectivity index is 1.93. The van der Waals surface area contributed by atoms with Crippen molar-refractivity contribution in [3.8, 4) is 0 Å². The summed E-state index contributed by atoms with van der Waals surface area (Å²) in [7, 11) is 0. The minimum atomic E-state index is -0.666. The molecule has 0 aliphatic carbocycles. The number of rotatable bonds is 3. The van der Waals surface area contributed by atoms with Crippen LogP contribution in [0.2, 0.25) is 15.1 Å². The van der Waals surface area contributed by atoms with Gasteiger partial charge in [-0.1, -0.05) is 53.0 Å². The summed E-state index contributed by atoms with van der Waals surface area (Å²) in [5.41, 5.74) is 0.384. The third-order valence-electron chi connectivity index (χ3n) is 2.49. The molecule has 0 heterocycles. The molecular weight excluding hydrogens is 367 g/mol. The fourth-order valence-corrected chi connectivity index (χ4v) is 2.79. The summed E-state index contributed by atoms with van der Waals surface area (Å²) in [6, 6.07) is 10.7. The molecule has 0 fully saturated rings. The highest BCUT2D eigenvalue weighted by Crippen LogP contribution is 2.33. The van der Waals surface area contributed by atoms with Crippen molar-refractivity contribution in [1.82, 2.24) is 10.0 Å². The lowest BCUT2D eigenvalue weighted by molar-refractivity contribution is 0.0965. The summed E-state index contributed by atoms with van der Waals surface area (Å²) < 4.78 is 2.45. The molecule has 0 spiro atoms. The third kappa shape index (κ3) is 4.55. The lowest BCUT2D eigenvalue weighted by Gasteiger charge is -2.08. The number of imide groups is 1. The molecule has 2 rings (SSSR count). The number of halogens is 3. The number of amides is 3. The zero-order valence-corrected chi connectivity index (χ0v) is 14.0. The standard InChI is InChI=1S/C14H9Cl3N2O2S/c15-9-6-11(17)12(7-10(9)16)22-19-14(21)18-13(20)8-4-2-1-3-5-8/h1-7H,(H2,18,19,20,21). The highest BCUT2D eigenvalue weighted by atomic mass is 35.5. The van der Waals surface area contributed by atoms with Gasteiger partial charge in [0.05, 0.1) is 15.1 Å². The van der Waals surface area contributed by atoms with E-state index in [0.717, 1.165) is 11.9 Å². The van der Waals surface area contributed by atoms with Crippen molar-refractivity contribution in [2.24, 2.45) is 0 Å². The Morgan fingerprint density at radius 1 is 0.909 bits per heavy atom. The molecular formula is C14H9Cl3N2O2S. The van der Waals surface area contributed by atoms with Gasteiger partial charge in [-0.2, -0.15) is 0 Å². The van der Waals surface area contributed by atoms with Crippen molar-refractivity contribution in [1.29, 1.82) is 0 Å². The minimum absolute atomic E-state index is 0.316. The fraction of sp³-hybridized carbons (Fsp3) is 0. The molecule has 114 valence electrons. The smallest absolute Gasteiger partial charge is 0.277 e. The monoisotopic (exact) mass is 374 g/mol. The van der Waals surface area contributed by atoms with Gasteiger partial charge in [0.15, 0.2) is 0 Å². The molecule has 2 aromatic carbocycles. The van der Waals surface area contributed by atoms with E-state index in [1.165, 1.54) is 12.1 Å². The zero-order chi connectivity index (χ0) is 16.1. The molecule has 22 heavy (non-hydrogen) atoms. The van der Waals surface area contributed by atoms with Crippen LogP contribution in [0, 0.1) is 0 Å². The van der Waals surface area contributed by atoms with Crippen LogP contribution in [0.1, 0.15) is 10.4 Å². The lowest BCUT2D eigenvalue weighted by Crippen LogP contribution is -2.36. The van der Waals surface area contributed by atoms with Gasteiger partial charge in [0.1, 0.15) is 0 Å². The summed E-state index contributed by atoms with van der Waals surface area (Å²) in [4.78, 5) is 24.0. The van der Waals surface area contributed by atoms with Gasteiger partial charge in [-0.25, -0.2) is 4.79 Å². The molecule has 0 aliphatic heterocycles. The van der Waals surface area contributed by atoms with Crippen LogP contribution in [-0.4, -0.2) is 11.9 Å². The Hall–Kier alpha value is -1.40. The first-order valence-corrected chi connectivity index (χ1v) is 7.90. The molecule has 0 unspecified atom stereocenters. The predicted octanol–water partition coefficient (Wildman–Crippen LogP) is 4.79. The molecule has 0 bridgehead atoms. The molecule has 0 radical (unpaired) electrons. The van der Waals surface area contributed by atoms with Crippen molar-refractivity contribution in [2.75, 3.05) is 0 Å². The van der Waals surface area contributed by atoms with Crippen LogP contribution in [-0.2, 0) is 0 Å². The lowest BCUT2D eigenvalue weighted by atomic mass is 10.2. The summed E-state index contributed by atoms with van der Waals surface area (Å²) in [6.07, 6.45) is 0. The predicted molar refractivity (Wildman–Crippen MR) is 89.8 cm³/mol. The first-order chi connectivity index (χ1) is 10.5. The normalized spacial score (nSPS) is 10.1. The van der Waals surface area contributed by atoms with E-state index < -0.39 is 11.9 Å². The van der Waals surface area contributed by atoms with Gasteiger partial charge in [0, 0.05) is 10.5 Å². The fourth-order valence-electron chi connectivity index (χ4n) is 1.47. The van der Waals surface area contributed by atoms with Crippen molar-refractivity contribution in [3.05, 3.63) is 63.1 Å². The number of benzene rings is 2. The molecule has 0 saturated carbocycles. The van der Waals surface area contributed by atoms with Crippen molar-refractivity contribution >= 4 is 58.7 Å².